The van der Waals surface area contributed by atoms with Crippen LogP contribution in [-0.2, 0) is 4.79 Å². The van der Waals surface area contributed by atoms with Crippen LogP contribution >= 0.6 is 0 Å². The van der Waals surface area contributed by atoms with Gasteiger partial charge in [0, 0.05) is 11.8 Å². The molecule has 2 saturated carbocycles. The molecule has 0 aromatic rings. The van der Waals surface area contributed by atoms with Gasteiger partial charge in [0.2, 0.25) is 0 Å². The van der Waals surface area contributed by atoms with Crippen molar-refractivity contribution >= 4 is 5.78 Å². The van der Waals surface area contributed by atoms with Crippen molar-refractivity contribution in [2.24, 2.45) is 23.7 Å². The molecule has 1 nitrogen and oxygen atoms in total. The maximum Gasteiger partial charge on any atom is 0.147 e. The zero-order valence-electron chi connectivity index (χ0n) is 5.08. The fourth-order valence-electron chi connectivity index (χ4n) is 2.42. The first-order valence-corrected chi connectivity index (χ1v) is 3.60. The van der Waals surface area contributed by atoms with E-state index in [1.165, 1.54) is 6.42 Å². The Bertz CT molecular complexity index is 197. The zero-order valence-corrected chi connectivity index (χ0v) is 5.08. The molecule has 0 aromatic heterocycles. The summed E-state index contributed by atoms with van der Waals surface area (Å²) in [4.78, 5) is 11.1. The molecule has 9 heavy (non-hydrogen) atoms. The summed E-state index contributed by atoms with van der Waals surface area (Å²) >= 11 is 0. The van der Waals surface area contributed by atoms with Crippen LogP contribution in [0, 0.1) is 23.7 Å². The van der Waals surface area contributed by atoms with Crippen molar-refractivity contribution in [1.82, 2.24) is 0 Å². The molecule has 1 heteroatoms. The molecule has 2 fully saturated rings. The van der Waals surface area contributed by atoms with Gasteiger partial charge >= 0.3 is 0 Å². The highest BCUT2D eigenvalue weighted by molar-refractivity contribution is 5.93. The van der Waals surface area contributed by atoms with Gasteiger partial charge in [-0.25, -0.2) is 0 Å². The van der Waals surface area contributed by atoms with Crippen LogP contribution in [-0.4, -0.2) is 5.78 Å². The third-order valence-corrected chi connectivity index (χ3v) is 3.00. The highest BCUT2D eigenvalue weighted by Gasteiger charge is 2.60. The smallest absolute Gasteiger partial charge is 0.147 e. The number of Topliss-reactive ketones (excluding diaryl/α,β-unsaturated/α-hetero) is 1. The average Bonchev–Trinajstić information content (AvgIpc) is 2.53. The summed E-state index contributed by atoms with van der Waals surface area (Å²) in [6.07, 6.45) is 5.55. The highest BCUT2D eigenvalue weighted by atomic mass is 16.1. The molecule has 3 aliphatic carbocycles. The number of fused-ring (bicyclic) bond motifs is 5. The largest absolute Gasteiger partial charge is 0.298 e. The summed E-state index contributed by atoms with van der Waals surface area (Å²) in [5.41, 5.74) is 0. The standard InChI is InChI=1S/C8H8O/c9-8-4-1-2-5(8)7-3-6(4)7/h1-2,4-7H,3H2/t4-,5+,6-,7+. The predicted molar refractivity (Wildman–Crippen MR) is 32.7 cm³/mol. The maximum atomic E-state index is 11.1. The number of hydrogen-bond donors (Lipinski definition) is 0. The van der Waals surface area contributed by atoms with Crippen LogP contribution in [0.25, 0.3) is 0 Å². The lowest BCUT2D eigenvalue weighted by atomic mass is 10.1. The van der Waals surface area contributed by atoms with E-state index in [1.807, 2.05) is 0 Å². The molecule has 0 aliphatic heterocycles. The van der Waals surface area contributed by atoms with Gasteiger partial charge in [-0.2, -0.15) is 0 Å². The highest BCUT2D eigenvalue weighted by Crippen LogP contribution is 2.60. The molecular weight excluding hydrogens is 112 g/mol. The Kier molecular flexibility index (Phi) is 0.476. The maximum absolute atomic E-state index is 11.1. The minimum atomic E-state index is 0.361. The lowest BCUT2D eigenvalue weighted by Gasteiger charge is -1.97. The Labute approximate surface area is 53.7 Å². The van der Waals surface area contributed by atoms with Crippen molar-refractivity contribution in [1.29, 1.82) is 0 Å². The van der Waals surface area contributed by atoms with E-state index in [4.69, 9.17) is 0 Å². The van der Waals surface area contributed by atoms with E-state index >= 15 is 0 Å². The Morgan fingerprint density at radius 1 is 1.22 bits per heavy atom. The van der Waals surface area contributed by atoms with Gasteiger partial charge in [-0.05, 0) is 18.3 Å². The van der Waals surface area contributed by atoms with E-state index in [1.54, 1.807) is 0 Å². The molecule has 0 heterocycles. The van der Waals surface area contributed by atoms with E-state index in [0.29, 0.717) is 17.6 Å². The van der Waals surface area contributed by atoms with E-state index < -0.39 is 0 Å². The van der Waals surface area contributed by atoms with Gasteiger partial charge in [-0.3, -0.25) is 4.79 Å². The van der Waals surface area contributed by atoms with E-state index in [0.717, 1.165) is 11.8 Å². The summed E-state index contributed by atoms with van der Waals surface area (Å²) in [6.45, 7) is 0. The molecule has 0 amide bonds. The molecule has 0 spiro atoms. The molecule has 0 unspecified atom stereocenters. The first-order chi connectivity index (χ1) is 4.38. The minimum Gasteiger partial charge on any atom is -0.298 e. The summed E-state index contributed by atoms with van der Waals surface area (Å²) in [5, 5.41) is 0. The first kappa shape index (κ1) is 4.26. The fourth-order valence-corrected chi connectivity index (χ4v) is 2.42. The molecular formula is C8H8O. The summed E-state index contributed by atoms with van der Waals surface area (Å²) in [5.74, 6) is 2.80. The van der Waals surface area contributed by atoms with Gasteiger partial charge in [0.05, 0.1) is 0 Å². The van der Waals surface area contributed by atoms with E-state index in [9.17, 15) is 4.79 Å². The lowest BCUT2D eigenvalue weighted by molar-refractivity contribution is -0.121. The Morgan fingerprint density at radius 3 is 2.11 bits per heavy atom. The van der Waals surface area contributed by atoms with E-state index in [2.05, 4.69) is 12.2 Å². The van der Waals surface area contributed by atoms with Crippen LogP contribution in [0.2, 0.25) is 0 Å². The monoisotopic (exact) mass is 120 g/mol. The van der Waals surface area contributed by atoms with Crippen molar-refractivity contribution in [2.75, 3.05) is 0 Å². The van der Waals surface area contributed by atoms with Gasteiger partial charge in [0.15, 0.2) is 0 Å². The Balaban J connectivity index is 2.17. The molecule has 3 rings (SSSR count). The Morgan fingerprint density at radius 2 is 1.78 bits per heavy atom. The number of carbonyl (C=O) groups excluding carboxylic acids is 1. The molecule has 0 saturated heterocycles. The number of ketones is 1. The fraction of sp³-hybridized carbons (Fsp3) is 0.625. The number of hydrogen-bond acceptors (Lipinski definition) is 1. The second kappa shape index (κ2) is 1.00. The topological polar surface area (TPSA) is 17.1 Å². The van der Waals surface area contributed by atoms with Crippen LogP contribution in [0.4, 0.5) is 0 Å². The third kappa shape index (κ3) is 0.311. The normalized spacial score (nSPS) is 58.4. The summed E-state index contributed by atoms with van der Waals surface area (Å²) < 4.78 is 0. The van der Waals surface area contributed by atoms with Gasteiger partial charge in [-0.15, -0.1) is 0 Å². The lowest BCUT2D eigenvalue weighted by Crippen LogP contribution is -2.09. The van der Waals surface area contributed by atoms with Crippen LogP contribution in [0.5, 0.6) is 0 Å². The molecule has 46 valence electrons. The summed E-state index contributed by atoms with van der Waals surface area (Å²) in [7, 11) is 0. The number of allylic oxidation sites excluding steroid dienone is 2. The predicted octanol–water partition coefficient (Wildman–Crippen LogP) is 1.01. The van der Waals surface area contributed by atoms with Gasteiger partial charge < -0.3 is 0 Å². The Hall–Kier alpha value is -0.590. The SMILES string of the molecule is O=C1[C@H]2C=C[C@@H]1[C@H]1C[C@H]12. The second-order valence-corrected chi connectivity index (χ2v) is 3.40. The third-order valence-electron chi connectivity index (χ3n) is 3.00. The van der Waals surface area contributed by atoms with Crippen molar-refractivity contribution in [3.63, 3.8) is 0 Å². The number of rotatable bonds is 0. The summed E-state index contributed by atoms with van der Waals surface area (Å²) in [6, 6.07) is 0. The van der Waals surface area contributed by atoms with Gasteiger partial charge in [0.25, 0.3) is 0 Å². The molecule has 3 aliphatic rings. The second-order valence-electron chi connectivity index (χ2n) is 3.40. The van der Waals surface area contributed by atoms with Crippen LogP contribution in [0.15, 0.2) is 12.2 Å². The molecule has 0 radical (unpaired) electrons. The van der Waals surface area contributed by atoms with Crippen LogP contribution in [0.1, 0.15) is 6.42 Å². The first-order valence-electron chi connectivity index (χ1n) is 3.60. The number of carbonyl (C=O) groups is 1. The van der Waals surface area contributed by atoms with Crippen LogP contribution < -0.4 is 0 Å². The molecule has 2 bridgehead atoms. The quantitative estimate of drug-likeness (QED) is 0.436. The molecule has 0 N–H and O–H groups in total. The zero-order chi connectivity index (χ0) is 6.01. The van der Waals surface area contributed by atoms with Crippen molar-refractivity contribution < 1.29 is 4.79 Å². The molecule has 4 atom stereocenters. The van der Waals surface area contributed by atoms with Crippen LogP contribution in [0.3, 0.4) is 0 Å². The van der Waals surface area contributed by atoms with Crippen molar-refractivity contribution in [3.8, 4) is 0 Å². The van der Waals surface area contributed by atoms with Crippen molar-refractivity contribution in [3.05, 3.63) is 12.2 Å². The van der Waals surface area contributed by atoms with Crippen molar-refractivity contribution in [2.45, 2.75) is 6.42 Å². The van der Waals surface area contributed by atoms with Gasteiger partial charge in [0.1, 0.15) is 5.78 Å². The van der Waals surface area contributed by atoms with Gasteiger partial charge in [-0.1, -0.05) is 12.2 Å². The van der Waals surface area contributed by atoms with E-state index in [-0.39, 0.29) is 0 Å². The minimum absolute atomic E-state index is 0.361. The average molecular weight is 120 g/mol. The molecule has 0 aromatic carbocycles.